The number of hydrogen-bond acceptors (Lipinski definition) is 4. The average molecular weight is 956 g/mol. The zero-order valence-electron chi connectivity index (χ0n) is 44.1. The highest BCUT2D eigenvalue weighted by molar-refractivity contribution is 7.25. The van der Waals surface area contributed by atoms with Crippen LogP contribution in [0.5, 0.6) is 0 Å². The summed E-state index contributed by atoms with van der Waals surface area (Å²) in [6.45, 7) is 26.2. The summed E-state index contributed by atoms with van der Waals surface area (Å²) in [5, 5.41) is 2.63. The third-order valence-electron chi connectivity index (χ3n) is 17.7. The number of nitrogens with zero attached hydrogens (tertiary/aromatic N) is 3. The zero-order valence-corrected chi connectivity index (χ0v) is 44.9. The van der Waals surface area contributed by atoms with Crippen molar-refractivity contribution in [2.75, 3.05) is 14.7 Å². The maximum atomic E-state index is 2.80. The van der Waals surface area contributed by atoms with Gasteiger partial charge in [-0.15, -0.1) is 11.3 Å². The molecule has 0 radical (unpaired) electrons. The van der Waals surface area contributed by atoms with Gasteiger partial charge in [0.15, 0.2) is 0 Å². The van der Waals surface area contributed by atoms with Gasteiger partial charge in [0.1, 0.15) is 0 Å². The van der Waals surface area contributed by atoms with Crippen LogP contribution in [0.3, 0.4) is 0 Å². The quantitative estimate of drug-likeness (QED) is 0.163. The highest BCUT2D eigenvalue weighted by Crippen LogP contribution is 2.62. The van der Waals surface area contributed by atoms with Gasteiger partial charge in [-0.1, -0.05) is 140 Å². The Labute approximate surface area is 432 Å². The molecule has 9 aromatic rings. The van der Waals surface area contributed by atoms with Crippen LogP contribution in [0.2, 0.25) is 0 Å². The standard InChI is InChI=1S/C67H66BN3S/c1-41-33-43(3)62-57(34-41)71(67(11)32-18-17-31-66(62,67)10)48-25-28-53-56(40-48)70(54-29-24-45(64(4,5)6)37-50(54)44-19-13-12-14-20-44)59-36-42(2)35-58-63(59)68(53)52-27-23-46(65(7,8)9)38-55(52)69(58)47-26-30-61-51(39-47)49-21-15-16-22-60(49)72-61/h12-16,19-30,33-40H,17-18,31-32H2,1-11H3. The minimum atomic E-state index is -0.0821. The van der Waals surface area contributed by atoms with Crippen molar-refractivity contribution in [3.8, 4) is 11.1 Å². The Morgan fingerprint density at radius 1 is 0.500 bits per heavy atom. The highest BCUT2D eigenvalue weighted by Gasteiger charge is 2.58. The Morgan fingerprint density at radius 2 is 1.11 bits per heavy atom. The van der Waals surface area contributed by atoms with Gasteiger partial charge in [0.25, 0.3) is 6.71 Å². The van der Waals surface area contributed by atoms with Crippen LogP contribution in [0.15, 0.2) is 152 Å². The maximum absolute atomic E-state index is 2.80. The number of fused-ring (bicyclic) bond motifs is 10. The molecule has 4 aliphatic rings. The first-order valence-electron chi connectivity index (χ1n) is 26.5. The van der Waals surface area contributed by atoms with Crippen molar-refractivity contribution in [1.82, 2.24) is 0 Å². The molecule has 2 unspecified atom stereocenters. The Balaban J connectivity index is 1.12. The molecule has 358 valence electrons. The molecule has 0 N–H and O–H groups in total. The van der Waals surface area contributed by atoms with Crippen molar-refractivity contribution in [2.45, 2.75) is 124 Å². The largest absolute Gasteiger partial charge is 0.334 e. The lowest BCUT2D eigenvalue weighted by Crippen LogP contribution is -2.61. The van der Waals surface area contributed by atoms with Crippen LogP contribution in [0, 0.1) is 20.8 Å². The minimum absolute atomic E-state index is 0.00165. The first-order chi connectivity index (χ1) is 34.4. The number of aryl methyl sites for hydroxylation is 3. The van der Waals surface area contributed by atoms with Crippen LogP contribution in [-0.4, -0.2) is 12.3 Å². The Morgan fingerprint density at radius 3 is 1.88 bits per heavy atom. The second kappa shape index (κ2) is 15.7. The van der Waals surface area contributed by atoms with Crippen molar-refractivity contribution in [3.63, 3.8) is 0 Å². The molecule has 1 fully saturated rings. The van der Waals surface area contributed by atoms with E-state index in [1.165, 1.54) is 140 Å². The van der Waals surface area contributed by atoms with E-state index in [4.69, 9.17) is 0 Å². The molecule has 8 aromatic carbocycles. The normalized spacial score (nSPS) is 19.1. The van der Waals surface area contributed by atoms with Gasteiger partial charge in [-0.3, -0.25) is 0 Å². The Kier molecular flexibility index (Phi) is 9.90. The van der Waals surface area contributed by atoms with Gasteiger partial charge >= 0.3 is 0 Å². The van der Waals surface area contributed by atoms with Crippen LogP contribution in [0.1, 0.15) is 114 Å². The number of anilines is 8. The molecule has 1 aromatic heterocycles. The third kappa shape index (κ3) is 6.54. The van der Waals surface area contributed by atoms with Gasteiger partial charge in [0.2, 0.25) is 0 Å². The fourth-order valence-corrected chi connectivity index (χ4v) is 15.0. The van der Waals surface area contributed by atoms with Gasteiger partial charge in [0, 0.05) is 71.0 Å². The average Bonchev–Trinajstić information content (AvgIpc) is 3.82. The predicted octanol–water partition coefficient (Wildman–Crippen LogP) is 17.1. The van der Waals surface area contributed by atoms with Crippen LogP contribution < -0.4 is 31.1 Å². The summed E-state index contributed by atoms with van der Waals surface area (Å²) < 4.78 is 2.65. The molecule has 1 aliphatic carbocycles. The van der Waals surface area contributed by atoms with Gasteiger partial charge in [-0.05, 0) is 179 Å². The van der Waals surface area contributed by atoms with Crippen LogP contribution in [0.4, 0.5) is 45.5 Å². The fraction of sp³-hybridized carbons (Fsp3) is 0.284. The van der Waals surface area contributed by atoms with Gasteiger partial charge < -0.3 is 14.7 Å². The van der Waals surface area contributed by atoms with E-state index < -0.39 is 0 Å². The van der Waals surface area contributed by atoms with E-state index in [1.807, 2.05) is 11.3 Å². The van der Waals surface area contributed by atoms with E-state index in [1.54, 1.807) is 5.56 Å². The molecule has 0 bridgehead atoms. The number of rotatable bonds is 4. The molecule has 0 spiro atoms. The number of benzene rings is 8. The lowest BCUT2D eigenvalue weighted by Gasteiger charge is -2.51. The summed E-state index contributed by atoms with van der Waals surface area (Å²) in [7, 11) is 0. The lowest BCUT2D eigenvalue weighted by molar-refractivity contribution is 0.194. The molecule has 0 amide bonds. The topological polar surface area (TPSA) is 9.72 Å². The van der Waals surface area contributed by atoms with Gasteiger partial charge in [-0.25, -0.2) is 0 Å². The molecule has 4 heterocycles. The van der Waals surface area contributed by atoms with Crippen molar-refractivity contribution in [1.29, 1.82) is 0 Å². The number of thiophene rings is 1. The Bertz CT molecular complexity index is 3720. The summed E-state index contributed by atoms with van der Waals surface area (Å²) in [5.74, 6) is 0. The summed E-state index contributed by atoms with van der Waals surface area (Å²) in [6, 6.07) is 59.5. The van der Waals surface area contributed by atoms with Crippen LogP contribution in [-0.2, 0) is 16.2 Å². The first kappa shape index (κ1) is 45.3. The van der Waals surface area contributed by atoms with E-state index in [9.17, 15) is 0 Å². The molecule has 3 nitrogen and oxygen atoms in total. The lowest BCUT2D eigenvalue weighted by atomic mass is 9.33. The van der Waals surface area contributed by atoms with Gasteiger partial charge in [-0.2, -0.15) is 0 Å². The van der Waals surface area contributed by atoms with Gasteiger partial charge in [0.05, 0.1) is 11.2 Å². The molecule has 13 rings (SSSR count). The van der Waals surface area contributed by atoms with Crippen LogP contribution >= 0.6 is 11.3 Å². The van der Waals surface area contributed by atoms with E-state index in [2.05, 4.69) is 243 Å². The SMILES string of the molecule is Cc1cc2c3c(c1)N(c1ccc(C(C)(C)C)cc1-c1ccccc1)c1cc(N4c5cc(C)cc(C)c5C5(C)CCCCC45C)ccc1B3c1ccc(C(C)(C)C)cc1N2c1ccc2sc3ccccc3c2c1. The van der Waals surface area contributed by atoms with E-state index in [0.29, 0.717) is 0 Å². The second-order valence-electron chi connectivity index (χ2n) is 24.3. The minimum Gasteiger partial charge on any atom is -0.334 e. The monoisotopic (exact) mass is 956 g/mol. The molecule has 5 heteroatoms. The van der Waals surface area contributed by atoms with E-state index in [0.717, 1.165) is 6.42 Å². The molecular weight excluding hydrogens is 890 g/mol. The fourth-order valence-electron chi connectivity index (χ4n) is 13.9. The molecule has 2 atom stereocenters. The molecule has 72 heavy (non-hydrogen) atoms. The van der Waals surface area contributed by atoms with Crippen molar-refractivity contribution < 1.29 is 0 Å². The molecule has 1 saturated carbocycles. The van der Waals surface area contributed by atoms with E-state index in [-0.39, 0.29) is 28.5 Å². The number of hydrogen-bond donors (Lipinski definition) is 0. The van der Waals surface area contributed by atoms with Crippen molar-refractivity contribution in [2.24, 2.45) is 0 Å². The summed E-state index contributed by atoms with van der Waals surface area (Å²) in [4.78, 5) is 8.10. The molecule has 3 aliphatic heterocycles. The second-order valence-corrected chi connectivity index (χ2v) is 25.4. The summed E-state index contributed by atoms with van der Waals surface area (Å²) >= 11 is 1.89. The maximum Gasteiger partial charge on any atom is 0.252 e. The molecular formula is C67H66BN3S. The smallest absolute Gasteiger partial charge is 0.252 e. The third-order valence-corrected chi connectivity index (χ3v) is 18.8. The highest BCUT2D eigenvalue weighted by atomic mass is 32.1. The first-order valence-corrected chi connectivity index (χ1v) is 27.3. The summed E-state index contributed by atoms with van der Waals surface area (Å²) in [6.07, 6.45) is 4.86. The predicted molar refractivity (Wildman–Crippen MR) is 313 cm³/mol. The Hall–Kier alpha value is -6.56. The van der Waals surface area contributed by atoms with Crippen molar-refractivity contribution >= 4 is 100 Å². The van der Waals surface area contributed by atoms with E-state index >= 15 is 0 Å². The summed E-state index contributed by atoms with van der Waals surface area (Å²) in [5.41, 5.74) is 24.7. The van der Waals surface area contributed by atoms with Crippen molar-refractivity contribution in [3.05, 3.63) is 185 Å². The zero-order chi connectivity index (χ0) is 49.8. The van der Waals surface area contributed by atoms with Crippen LogP contribution in [0.25, 0.3) is 31.3 Å². The molecule has 0 saturated heterocycles.